The summed E-state index contributed by atoms with van der Waals surface area (Å²) in [6.07, 6.45) is 3.52. The lowest BCUT2D eigenvalue weighted by Gasteiger charge is -2.36. The number of nitrogens with two attached hydrogens (primary N) is 1. The van der Waals surface area contributed by atoms with E-state index < -0.39 is 10.8 Å². The van der Waals surface area contributed by atoms with Crippen LogP contribution in [0.15, 0.2) is 29.3 Å². The summed E-state index contributed by atoms with van der Waals surface area (Å²) in [5.74, 6) is 1.83. The summed E-state index contributed by atoms with van der Waals surface area (Å²) in [7, 11) is -0.911. The number of benzene rings is 1. The lowest BCUT2D eigenvalue weighted by Crippen LogP contribution is -2.47. The largest absolute Gasteiger partial charge is 0.395 e. The van der Waals surface area contributed by atoms with E-state index >= 15 is 0 Å². The van der Waals surface area contributed by atoms with Gasteiger partial charge in [0, 0.05) is 61.3 Å². The molecule has 0 bridgehead atoms. The van der Waals surface area contributed by atoms with Crippen molar-refractivity contribution in [2.75, 3.05) is 48.3 Å². The third-order valence-electron chi connectivity index (χ3n) is 5.93. The molecular weight excluding hydrogens is 446 g/mol. The Hall–Kier alpha value is -1.74. The minimum atomic E-state index is -0.911. The lowest BCUT2D eigenvalue weighted by atomic mass is 10.1. The highest BCUT2D eigenvalue weighted by Crippen LogP contribution is 2.26. The molecule has 1 saturated heterocycles. The Morgan fingerprint density at radius 1 is 1.19 bits per heavy atom. The van der Waals surface area contributed by atoms with Gasteiger partial charge in [0.2, 0.25) is 5.95 Å². The van der Waals surface area contributed by atoms with E-state index in [2.05, 4.69) is 32.8 Å². The zero-order chi connectivity index (χ0) is 23.3. The van der Waals surface area contributed by atoms with Gasteiger partial charge in [-0.1, -0.05) is 32.4 Å². The molecule has 0 amide bonds. The van der Waals surface area contributed by atoms with E-state index in [9.17, 15) is 4.21 Å². The fourth-order valence-electron chi connectivity index (χ4n) is 3.61. The average Bonchev–Trinajstić information content (AvgIpc) is 3.18. The van der Waals surface area contributed by atoms with Crippen molar-refractivity contribution in [3.63, 3.8) is 0 Å². The molecule has 2 unspecified atom stereocenters. The number of aliphatic hydroxyl groups is 1. The SMILES string of the molecule is CC(C)C(N)CO.CCc1cc(Cl)cc(N2CCN(c3ncc4c(n3)CCS4=O)CC2)c1. The Bertz CT molecular complexity index is 935. The quantitative estimate of drug-likeness (QED) is 0.680. The monoisotopic (exact) mass is 479 g/mol. The molecule has 2 aromatic rings. The molecule has 1 fully saturated rings. The lowest BCUT2D eigenvalue weighted by molar-refractivity contribution is 0.238. The first-order valence-electron chi connectivity index (χ1n) is 11.2. The van der Waals surface area contributed by atoms with Gasteiger partial charge in [0.15, 0.2) is 0 Å². The molecular formula is C23H34ClN5O2S. The van der Waals surface area contributed by atoms with Gasteiger partial charge in [-0.2, -0.15) is 0 Å². The van der Waals surface area contributed by atoms with Crippen molar-refractivity contribution in [1.29, 1.82) is 0 Å². The van der Waals surface area contributed by atoms with Gasteiger partial charge in [0.1, 0.15) is 0 Å². The Labute approximate surface area is 198 Å². The predicted octanol–water partition coefficient (Wildman–Crippen LogP) is 2.64. The molecule has 2 aliphatic heterocycles. The molecule has 176 valence electrons. The molecule has 7 nitrogen and oxygen atoms in total. The average molecular weight is 480 g/mol. The van der Waals surface area contributed by atoms with Crippen LogP contribution < -0.4 is 15.5 Å². The number of nitrogens with zero attached hydrogens (tertiary/aromatic N) is 4. The third kappa shape index (κ3) is 6.19. The summed E-state index contributed by atoms with van der Waals surface area (Å²) < 4.78 is 11.8. The summed E-state index contributed by atoms with van der Waals surface area (Å²) in [5.41, 5.74) is 8.77. The second kappa shape index (κ2) is 11.4. The van der Waals surface area contributed by atoms with Crippen molar-refractivity contribution in [2.24, 2.45) is 11.7 Å². The molecule has 0 radical (unpaired) electrons. The molecule has 2 aliphatic rings. The highest BCUT2D eigenvalue weighted by atomic mass is 35.5. The van der Waals surface area contributed by atoms with Crippen LogP contribution in [0.3, 0.4) is 0 Å². The first-order valence-corrected chi connectivity index (χ1v) is 12.9. The number of piperazine rings is 1. The van der Waals surface area contributed by atoms with E-state index in [0.29, 0.717) is 11.7 Å². The van der Waals surface area contributed by atoms with Crippen molar-refractivity contribution >= 4 is 34.0 Å². The summed E-state index contributed by atoms with van der Waals surface area (Å²) in [4.78, 5) is 14.5. The minimum absolute atomic E-state index is 0.0417. The van der Waals surface area contributed by atoms with Gasteiger partial charge in [-0.15, -0.1) is 0 Å². The van der Waals surface area contributed by atoms with Crippen LogP contribution in [-0.4, -0.2) is 63.9 Å². The van der Waals surface area contributed by atoms with Crippen LogP contribution in [0.4, 0.5) is 11.6 Å². The minimum Gasteiger partial charge on any atom is -0.395 e. The van der Waals surface area contributed by atoms with Crippen LogP contribution in [0.1, 0.15) is 32.0 Å². The molecule has 9 heteroatoms. The van der Waals surface area contributed by atoms with Crippen LogP contribution in [0.5, 0.6) is 0 Å². The van der Waals surface area contributed by atoms with Gasteiger partial charge in [-0.05, 0) is 36.1 Å². The van der Waals surface area contributed by atoms with Crippen LogP contribution in [0, 0.1) is 5.92 Å². The topological polar surface area (TPSA) is 95.6 Å². The summed E-state index contributed by atoms with van der Waals surface area (Å²) in [6, 6.07) is 6.25. The molecule has 3 heterocycles. The van der Waals surface area contributed by atoms with Gasteiger partial charge >= 0.3 is 0 Å². The zero-order valence-corrected chi connectivity index (χ0v) is 20.7. The van der Waals surface area contributed by atoms with E-state index in [1.165, 1.54) is 11.3 Å². The van der Waals surface area contributed by atoms with Gasteiger partial charge in [-0.3, -0.25) is 4.21 Å². The van der Waals surface area contributed by atoms with E-state index in [4.69, 9.17) is 22.4 Å². The molecule has 3 N–H and O–H groups in total. The number of hydrogen-bond donors (Lipinski definition) is 2. The number of anilines is 2. The normalized spacial score (nSPS) is 18.9. The Balaban J connectivity index is 0.000000360. The van der Waals surface area contributed by atoms with E-state index in [0.717, 1.165) is 60.6 Å². The number of aliphatic hydroxyl groups excluding tert-OH is 1. The third-order valence-corrected chi connectivity index (χ3v) is 7.56. The Morgan fingerprint density at radius 3 is 2.47 bits per heavy atom. The molecule has 1 aromatic heterocycles. The Kier molecular flexibility index (Phi) is 8.87. The van der Waals surface area contributed by atoms with Crippen LogP contribution in [-0.2, 0) is 23.6 Å². The first kappa shape index (κ1) is 24.9. The van der Waals surface area contributed by atoms with Crippen molar-refractivity contribution < 1.29 is 9.32 Å². The smallest absolute Gasteiger partial charge is 0.225 e. The number of rotatable bonds is 5. The highest BCUT2D eigenvalue weighted by Gasteiger charge is 2.24. The molecule has 1 aromatic carbocycles. The van der Waals surface area contributed by atoms with Gasteiger partial charge in [0.25, 0.3) is 0 Å². The first-order chi connectivity index (χ1) is 15.3. The molecule has 0 spiro atoms. The van der Waals surface area contributed by atoms with Crippen molar-refractivity contribution in [3.8, 4) is 0 Å². The van der Waals surface area contributed by atoms with Crippen molar-refractivity contribution in [2.45, 2.75) is 44.6 Å². The summed E-state index contributed by atoms with van der Waals surface area (Å²) in [5, 5.41) is 9.18. The van der Waals surface area contributed by atoms with Crippen LogP contribution >= 0.6 is 11.6 Å². The maximum absolute atomic E-state index is 11.8. The molecule has 0 aliphatic carbocycles. The zero-order valence-electron chi connectivity index (χ0n) is 19.1. The van der Waals surface area contributed by atoms with Gasteiger partial charge in [0.05, 0.1) is 28.0 Å². The van der Waals surface area contributed by atoms with E-state index in [1.807, 2.05) is 26.0 Å². The van der Waals surface area contributed by atoms with Gasteiger partial charge < -0.3 is 20.6 Å². The number of hydrogen-bond acceptors (Lipinski definition) is 7. The number of halogens is 1. The number of fused-ring (bicyclic) bond motifs is 1. The second-order valence-electron chi connectivity index (χ2n) is 8.52. The Morgan fingerprint density at radius 2 is 1.88 bits per heavy atom. The molecule has 2 atom stereocenters. The van der Waals surface area contributed by atoms with Crippen molar-refractivity contribution in [1.82, 2.24) is 9.97 Å². The van der Waals surface area contributed by atoms with Crippen molar-refractivity contribution in [3.05, 3.63) is 40.7 Å². The highest BCUT2D eigenvalue weighted by molar-refractivity contribution is 7.85. The van der Waals surface area contributed by atoms with Crippen LogP contribution in [0.25, 0.3) is 0 Å². The maximum Gasteiger partial charge on any atom is 0.225 e. The van der Waals surface area contributed by atoms with E-state index in [1.54, 1.807) is 6.20 Å². The summed E-state index contributed by atoms with van der Waals surface area (Å²) >= 11 is 6.26. The summed E-state index contributed by atoms with van der Waals surface area (Å²) in [6.45, 7) is 9.78. The molecule has 0 saturated carbocycles. The fraction of sp³-hybridized carbons (Fsp3) is 0.565. The fourth-order valence-corrected chi connectivity index (χ4v) is 5.04. The number of aryl methyl sites for hydroxylation is 2. The van der Waals surface area contributed by atoms with Gasteiger partial charge in [-0.25, -0.2) is 9.97 Å². The van der Waals surface area contributed by atoms with E-state index in [-0.39, 0.29) is 12.6 Å². The molecule has 4 rings (SSSR count). The maximum atomic E-state index is 11.8. The molecule has 32 heavy (non-hydrogen) atoms. The van der Waals surface area contributed by atoms with Crippen LogP contribution in [0.2, 0.25) is 5.02 Å². The predicted molar refractivity (Wildman–Crippen MR) is 132 cm³/mol. The number of aromatic nitrogens is 2. The second-order valence-corrected chi connectivity index (χ2v) is 10.5. The standard InChI is InChI=1S/C18H21ClN4OS.C5H13NO/c1-2-13-9-14(19)11-15(10-13)22-4-6-23(7-5-22)18-20-12-17-16(21-18)3-8-25(17)24;1-4(2)5(6)3-7/h9-12H,2-8H2,1H3;4-5,7H,3,6H2,1-2H3.